The predicted octanol–water partition coefficient (Wildman–Crippen LogP) is 2.37. The lowest BCUT2D eigenvalue weighted by Gasteiger charge is -2.18. The van der Waals surface area contributed by atoms with E-state index in [1.807, 2.05) is 31.2 Å². The summed E-state index contributed by atoms with van der Waals surface area (Å²) in [6.45, 7) is 5.13. The van der Waals surface area contributed by atoms with Crippen LogP contribution in [0.5, 0.6) is 5.75 Å². The van der Waals surface area contributed by atoms with E-state index in [2.05, 4.69) is 4.74 Å². The van der Waals surface area contributed by atoms with Gasteiger partial charge in [-0.25, -0.2) is 4.79 Å². The number of ether oxygens (including phenoxy) is 3. The number of rotatable bonds is 7. The summed E-state index contributed by atoms with van der Waals surface area (Å²) in [7, 11) is 1.30. The Labute approximate surface area is 125 Å². The minimum atomic E-state index is -0.560. The Bertz CT molecular complexity index is 483. The van der Waals surface area contributed by atoms with E-state index in [4.69, 9.17) is 9.47 Å². The van der Waals surface area contributed by atoms with Crippen LogP contribution in [0.3, 0.4) is 0 Å². The van der Waals surface area contributed by atoms with Crippen molar-refractivity contribution in [1.82, 2.24) is 0 Å². The van der Waals surface area contributed by atoms with Crippen molar-refractivity contribution < 1.29 is 23.8 Å². The summed E-state index contributed by atoms with van der Waals surface area (Å²) in [6.07, 6.45) is 0.260. The van der Waals surface area contributed by atoms with E-state index in [1.54, 1.807) is 13.8 Å². The second-order valence-electron chi connectivity index (χ2n) is 4.76. The maximum atomic E-state index is 11.7. The molecule has 0 aromatic heterocycles. The van der Waals surface area contributed by atoms with Crippen LogP contribution in [0.25, 0.3) is 0 Å². The maximum Gasteiger partial charge on any atom is 0.344 e. The predicted molar refractivity (Wildman–Crippen MR) is 78.0 cm³/mol. The molecular weight excluding hydrogens is 272 g/mol. The third-order valence-electron chi connectivity index (χ3n) is 3.29. The van der Waals surface area contributed by atoms with Crippen molar-refractivity contribution in [2.24, 2.45) is 5.92 Å². The van der Waals surface area contributed by atoms with Gasteiger partial charge >= 0.3 is 11.9 Å². The summed E-state index contributed by atoms with van der Waals surface area (Å²) in [4.78, 5) is 23.1. The third kappa shape index (κ3) is 5.10. The molecule has 0 saturated carbocycles. The average Bonchev–Trinajstić information content (AvgIpc) is 2.51. The summed E-state index contributed by atoms with van der Waals surface area (Å²) < 4.78 is 15.2. The van der Waals surface area contributed by atoms with Gasteiger partial charge in [-0.1, -0.05) is 25.1 Å². The highest BCUT2D eigenvalue weighted by Gasteiger charge is 2.24. The number of carbonyl (C=O) groups is 2. The topological polar surface area (TPSA) is 61.8 Å². The van der Waals surface area contributed by atoms with Gasteiger partial charge in [0, 0.05) is 0 Å². The number of benzene rings is 1. The maximum absolute atomic E-state index is 11.7. The van der Waals surface area contributed by atoms with Gasteiger partial charge in [0.05, 0.1) is 13.0 Å². The summed E-state index contributed by atoms with van der Waals surface area (Å²) >= 11 is 0. The van der Waals surface area contributed by atoms with Crippen molar-refractivity contribution in [3.63, 3.8) is 0 Å². The van der Waals surface area contributed by atoms with Gasteiger partial charge in [0.25, 0.3) is 0 Å². The Morgan fingerprint density at radius 1 is 1.19 bits per heavy atom. The Morgan fingerprint density at radius 3 is 2.48 bits per heavy atom. The first-order valence-corrected chi connectivity index (χ1v) is 6.97. The van der Waals surface area contributed by atoms with Gasteiger partial charge < -0.3 is 14.2 Å². The molecule has 0 bridgehead atoms. The summed E-state index contributed by atoms with van der Waals surface area (Å²) in [5.41, 5.74) is 1.03. The van der Waals surface area contributed by atoms with Crippen molar-refractivity contribution >= 4 is 11.9 Å². The quantitative estimate of drug-likeness (QED) is 0.722. The molecule has 5 nitrogen and oxygen atoms in total. The second-order valence-corrected chi connectivity index (χ2v) is 4.76. The van der Waals surface area contributed by atoms with E-state index in [0.29, 0.717) is 5.75 Å². The second kappa shape index (κ2) is 8.29. The molecule has 0 radical (unpaired) electrons. The highest BCUT2D eigenvalue weighted by Crippen LogP contribution is 2.18. The molecule has 0 unspecified atom stereocenters. The Balaban J connectivity index is 2.49. The van der Waals surface area contributed by atoms with Gasteiger partial charge in [0.15, 0.2) is 6.61 Å². The zero-order valence-corrected chi connectivity index (χ0v) is 12.9. The minimum absolute atomic E-state index is 0.185. The SMILES string of the molecule is CCc1ccccc1OCC(=O)O[C@@H](C)[C@@H](C)C(=O)OC. The molecule has 0 spiro atoms. The molecule has 0 heterocycles. The van der Waals surface area contributed by atoms with Crippen LogP contribution in [0, 0.1) is 5.92 Å². The van der Waals surface area contributed by atoms with E-state index >= 15 is 0 Å². The summed E-state index contributed by atoms with van der Waals surface area (Å²) in [5.74, 6) is -0.760. The van der Waals surface area contributed by atoms with Crippen LogP contribution in [-0.2, 0) is 25.5 Å². The highest BCUT2D eigenvalue weighted by atomic mass is 16.6. The van der Waals surface area contributed by atoms with E-state index in [9.17, 15) is 9.59 Å². The first-order chi connectivity index (χ1) is 9.99. The molecule has 0 saturated heterocycles. The van der Waals surface area contributed by atoms with Gasteiger partial charge in [-0.3, -0.25) is 4.79 Å². The molecule has 0 aliphatic rings. The van der Waals surface area contributed by atoms with Crippen molar-refractivity contribution in [3.8, 4) is 5.75 Å². The standard InChI is InChI=1S/C16H22O5/c1-5-13-8-6-7-9-14(13)20-10-15(17)21-12(3)11(2)16(18)19-4/h6-9,11-12H,5,10H2,1-4H3/t11-,12+/m1/s1. The number of esters is 2. The Morgan fingerprint density at radius 2 is 1.86 bits per heavy atom. The first kappa shape index (κ1) is 17.0. The van der Waals surface area contributed by atoms with Crippen LogP contribution in [0.2, 0.25) is 0 Å². The van der Waals surface area contributed by atoms with E-state index < -0.39 is 24.0 Å². The van der Waals surface area contributed by atoms with Gasteiger partial charge in [-0.2, -0.15) is 0 Å². The molecule has 0 N–H and O–H groups in total. The fraction of sp³-hybridized carbons (Fsp3) is 0.500. The lowest BCUT2D eigenvalue weighted by atomic mass is 10.1. The zero-order chi connectivity index (χ0) is 15.8. The normalized spacial score (nSPS) is 13.1. The molecule has 0 aliphatic heterocycles. The van der Waals surface area contributed by atoms with Gasteiger partial charge in [-0.15, -0.1) is 0 Å². The molecule has 2 atom stereocenters. The largest absolute Gasteiger partial charge is 0.482 e. The van der Waals surface area contributed by atoms with Crippen molar-refractivity contribution in [1.29, 1.82) is 0 Å². The molecule has 0 amide bonds. The fourth-order valence-corrected chi connectivity index (χ4v) is 1.79. The number of carbonyl (C=O) groups excluding carboxylic acids is 2. The number of methoxy groups -OCH3 is 1. The molecule has 1 aromatic carbocycles. The molecule has 1 aromatic rings. The Hall–Kier alpha value is -2.04. The number of hydrogen-bond acceptors (Lipinski definition) is 5. The summed E-state index contributed by atoms with van der Waals surface area (Å²) in [6, 6.07) is 7.53. The van der Waals surface area contributed by atoms with Crippen LogP contribution in [0.15, 0.2) is 24.3 Å². The van der Waals surface area contributed by atoms with Crippen molar-refractivity contribution in [2.75, 3.05) is 13.7 Å². The fourth-order valence-electron chi connectivity index (χ4n) is 1.79. The van der Waals surface area contributed by atoms with Crippen LogP contribution in [0.1, 0.15) is 26.3 Å². The van der Waals surface area contributed by atoms with Crippen LogP contribution in [0.4, 0.5) is 0 Å². The van der Waals surface area contributed by atoms with E-state index in [0.717, 1.165) is 12.0 Å². The van der Waals surface area contributed by atoms with E-state index in [1.165, 1.54) is 7.11 Å². The van der Waals surface area contributed by atoms with Crippen LogP contribution >= 0.6 is 0 Å². The molecule has 21 heavy (non-hydrogen) atoms. The molecule has 0 fully saturated rings. The molecule has 1 rings (SSSR count). The lowest BCUT2D eigenvalue weighted by Crippen LogP contribution is -2.30. The van der Waals surface area contributed by atoms with Crippen LogP contribution < -0.4 is 4.74 Å². The Kier molecular flexibility index (Phi) is 6.72. The molecule has 0 aliphatic carbocycles. The monoisotopic (exact) mass is 294 g/mol. The smallest absolute Gasteiger partial charge is 0.344 e. The van der Waals surface area contributed by atoms with Gasteiger partial charge in [0.1, 0.15) is 11.9 Å². The van der Waals surface area contributed by atoms with E-state index in [-0.39, 0.29) is 6.61 Å². The molecule has 5 heteroatoms. The van der Waals surface area contributed by atoms with Gasteiger partial charge in [-0.05, 0) is 31.9 Å². The third-order valence-corrected chi connectivity index (χ3v) is 3.29. The van der Waals surface area contributed by atoms with Crippen molar-refractivity contribution in [3.05, 3.63) is 29.8 Å². The van der Waals surface area contributed by atoms with Crippen molar-refractivity contribution in [2.45, 2.75) is 33.3 Å². The number of para-hydroxylation sites is 1. The highest BCUT2D eigenvalue weighted by molar-refractivity contribution is 5.74. The number of aryl methyl sites for hydroxylation is 1. The zero-order valence-electron chi connectivity index (χ0n) is 12.9. The molecule has 116 valence electrons. The van der Waals surface area contributed by atoms with Gasteiger partial charge in [0.2, 0.25) is 0 Å². The van der Waals surface area contributed by atoms with Crippen LogP contribution in [-0.4, -0.2) is 31.8 Å². The number of hydrogen-bond donors (Lipinski definition) is 0. The summed E-state index contributed by atoms with van der Waals surface area (Å²) in [5, 5.41) is 0. The minimum Gasteiger partial charge on any atom is -0.482 e. The molecular formula is C16H22O5. The lowest BCUT2D eigenvalue weighted by molar-refractivity contribution is -0.159. The first-order valence-electron chi connectivity index (χ1n) is 6.97. The average molecular weight is 294 g/mol.